The molecule has 1 atom stereocenters. The monoisotopic (exact) mass is 242 g/mol. The lowest BCUT2D eigenvalue weighted by molar-refractivity contribution is -0.141. The van der Waals surface area contributed by atoms with Crippen LogP contribution in [0.3, 0.4) is 0 Å². The molecule has 1 unspecified atom stereocenters. The number of benzene rings is 1. The molecule has 5 heteroatoms. The van der Waals surface area contributed by atoms with E-state index in [2.05, 4.69) is 0 Å². The van der Waals surface area contributed by atoms with Gasteiger partial charge in [-0.3, -0.25) is 9.00 Å². The fourth-order valence-corrected chi connectivity index (χ4v) is 1.78. The maximum absolute atomic E-state index is 11.2. The van der Waals surface area contributed by atoms with Crippen LogP contribution in [0.4, 0.5) is 0 Å². The summed E-state index contributed by atoms with van der Waals surface area (Å²) in [5, 5.41) is 8.51. The minimum absolute atomic E-state index is 0.112. The lowest BCUT2D eigenvalue weighted by Gasteiger charge is -2.04. The van der Waals surface area contributed by atoms with Crippen LogP contribution in [0, 0.1) is 0 Å². The number of esters is 1. The number of ether oxygens (including phenoxy) is 1. The molecule has 16 heavy (non-hydrogen) atoms. The molecule has 88 valence electrons. The molecule has 0 bridgehead atoms. The zero-order valence-electron chi connectivity index (χ0n) is 8.80. The Morgan fingerprint density at radius 2 is 2.00 bits per heavy atom. The molecular weight excluding hydrogens is 228 g/mol. The Kier molecular flexibility index (Phi) is 5.74. The first-order chi connectivity index (χ1) is 7.72. The van der Waals surface area contributed by atoms with Crippen LogP contribution in [0.1, 0.15) is 5.56 Å². The fourth-order valence-electron chi connectivity index (χ4n) is 1.09. The fraction of sp³-hybridized carbons (Fsp3) is 0.364. The Morgan fingerprint density at radius 3 is 2.62 bits per heavy atom. The number of rotatable bonds is 6. The molecule has 1 aromatic carbocycles. The van der Waals surface area contributed by atoms with Crippen LogP contribution in [0.25, 0.3) is 0 Å². The Labute approximate surface area is 96.7 Å². The summed E-state index contributed by atoms with van der Waals surface area (Å²) in [6.07, 6.45) is 0. The van der Waals surface area contributed by atoms with E-state index in [1.165, 1.54) is 0 Å². The Bertz CT molecular complexity index is 350. The highest BCUT2D eigenvalue weighted by Crippen LogP contribution is 2.00. The van der Waals surface area contributed by atoms with Gasteiger partial charge in [-0.2, -0.15) is 0 Å². The number of hydrogen-bond acceptors (Lipinski definition) is 4. The summed E-state index contributed by atoms with van der Waals surface area (Å²) in [5.74, 6) is -0.552. The molecule has 0 aliphatic heterocycles. The van der Waals surface area contributed by atoms with Crippen molar-refractivity contribution in [2.24, 2.45) is 0 Å². The molecule has 0 aromatic heterocycles. The molecule has 0 amide bonds. The van der Waals surface area contributed by atoms with Crippen molar-refractivity contribution in [1.29, 1.82) is 0 Å². The molecule has 1 N–H and O–H groups in total. The summed E-state index contributed by atoms with van der Waals surface area (Å²) >= 11 is 0. The van der Waals surface area contributed by atoms with Gasteiger partial charge >= 0.3 is 5.97 Å². The maximum atomic E-state index is 11.2. The highest BCUT2D eigenvalue weighted by molar-refractivity contribution is 7.85. The SMILES string of the molecule is O=C(CS(=O)CCO)OCc1ccccc1. The maximum Gasteiger partial charge on any atom is 0.318 e. The van der Waals surface area contributed by atoms with Gasteiger partial charge in [0, 0.05) is 16.6 Å². The van der Waals surface area contributed by atoms with Gasteiger partial charge in [-0.1, -0.05) is 30.3 Å². The highest BCUT2D eigenvalue weighted by Gasteiger charge is 2.08. The third kappa shape index (κ3) is 5.04. The highest BCUT2D eigenvalue weighted by atomic mass is 32.2. The summed E-state index contributed by atoms with van der Waals surface area (Å²) in [4.78, 5) is 11.2. The molecule has 0 heterocycles. The molecule has 0 aliphatic carbocycles. The summed E-state index contributed by atoms with van der Waals surface area (Å²) in [5.41, 5.74) is 0.892. The van der Waals surface area contributed by atoms with Crippen molar-refractivity contribution in [3.63, 3.8) is 0 Å². The van der Waals surface area contributed by atoms with Crippen LogP contribution in [0.2, 0.25) is 0 Å². The predicted molar refractivity (Wildman–Crippen MR) is 61.2 cm³/mol. The van der Waals surface area contributed by atoms with Gasteiger partial charge in [0.05, 0.1) is 6.61 Å². The summed E-state index contributed by atoms with van der Waals surface area (Å²) < 4.78 is 16.0. The van der Waals surface area contributed by atoms with Gasteiger partial charge < -0.3 is 9.84 Å². The average Bonchev–Trinajstić information content (AvgIpc) is 2.28. The van der Waals surface area contributed by atoms with Crippen LogP contribution in [0.15, 0.2) is 30.3 Å². The quantitative estimate of drug-likeness (QED) is 0.737. The van der Waals surface area contributed by atoms with Crippen LogP contribution in [-0.2, 0) is 26.9 Å². The van der Waals surface area contributed by atoms with Gasteiger partial charge in [0.15, 0.2) is 0 Å². The number of carbonyl (C=O) groups excluding carboxylic acids is 1. The molecule has 0 fully saturated rings. The first-order valence-electron chi connectivity index (χ1n) is 4.87. The molecular formula is C11H14O4S. The van der Waals surface area contributed by atoms with Gasteiger partial charge in [0.2, 0.25) is 0 Å². The van der Waals surface area contributed by atoms with E-state index in [1.807, 2.05) is 30.3 Å². The smallest absolute Gasteiger partial charge is 0.318 e. The van der Waals surface area contributed by atoms with Gasteiger partial charge in [-0.05, 0) is 5.56 Å². The summed E-state index contributed by atoms with van der Waals surface area (Å²) in [6.45, 7) is 0.00851. The van der Waals surface area contributed by atoms with Gasteiger partial charge in [0.1, 0.15) is 12.4 Å². The molecule has 4 nitrogen and oxygen atoms in total. The van der Waals surface area contributed by atoms with E-state index >= 15 is 0 Å². The average molecular weight is 242 g/mol. The first-order valence-corrected chi connectivity index (χ1v) is 6.36. The molecule has 0 radical (unpaired) electrons. The minimum atomic E-state index is -1.33. The van der Waals surface area contributed by atoms with Crippen molar-refractivity contribution in [2.45, 2.75) is 6.61 Å². The lowest BCUT2D eigenvalue weighted by Crippen LogP contribution is -2.17. The largest absolute Gasteiger partial charge is 0.460 e. The van der Waals surface area contributed by atoms with Gasteiger partial charge in [-0.25, -0.2) is 0 Å². The molecule has 0 saturated heterocycles. The number of carbonyl (C=O) groups is 1. The Hall–Kier alpha value is -1.20. The van der Waals surface area contributed by atoms with E-state index in [1.54, 1.807) is 0 Å². The van der Waals surface area contributed by atoms with Crippen LogP contribution >= 0.6 is 0 Å². The predicted octanol–water partition coefficient (Wildman–Crippen LogP) is 0.471. The molecule has 1 rings (SSSR count). The Balaban J connectivity index is 2.28. The van der Waals surface area contributed by atoms with Crippen LogP contribution in [0.5, 0.6) is 0 Å². The Morgan fingerprint density at radius 1 is 1.31 bits per heavy atom. The van der Waals surface area contributed by atoms with E-state index < -0.39 is 16.8 Å². The third-order valence-electron chi connectivity index (χ3n) is 1.84. The molecule has 0 spiro atoms. The zero-order valence-corrected chi connectivity index (χ0v) is 9.61. The second-order valence-corrected chi connectivity index (χ2v) is 4.73. The summed E-state index contributed by atoms with van der Waals surface area (Å²) in [6, 6.07) is 9.28. The standard InChI is InChI=1S/C11H14O4S/c12-6-7-16(14)9-11(13)15-8-10-4-2-1-3-5-10/h1-5,12H,6-9H2. The van der Waals surface area contributed by atoms with E-state index in [0.29, 0.717) is 0 Å². The second kappa shape index (κ2) is 7.14. The van der Waals surface area contributed by atoms with Gasteiger partial charge in [-0.15, -0.1) is 0 Å². The normalized spacial score (nSPS) is 12.1. The van der Waals surface area contributed by atoms with Crippen LogP contribution in [-0.4, -0.2) is 33.4 Å². The van der Waals surface area contributed by atoms with E-state index in [0.717, 1.165) is 5.56 Å². The molecule has 0 aliphatic rings. The van der Waals surface area contributed by atoms with Crippen molar-refractivity contribution < 1.29 is 18.8 Å². The minimum Gasteiger partial charge on any atom is -0.460 e. The van der Waals surface area contributed by atoms with Crippen molar-refractivity contribution in [3.8, 4) is 0 Å². The second-order valence-electron chi connectivity index (χ2n) is 3.16. The number of hydrogen-bond donors (Lipinski definition) is 1. The third-order valence-corrected chi connectivity index (χ3v) is 3.04. The lowest BCUT2D eigenvalue weighted by atomic mass is 10.2. The zero-order chi connectivity index (χ0) is 11.8. The van der Waals surface area contributed by atoms with Crippen LogP contribution < -0.4 is 0 Å². The van der Waals surface area contributed by atoms with E-state index in [4.69, 9.17) is 9.84 Å². The van der Waals surface area contributed by atoms with Crippen molar-refractivity contribution >= 4 is 16.8 Å². The van der Waals surface area contributed by atoms with Crippen molar-refractivity contribution in [1.82, 2.24) is 0 Å². The van der Waals surface area contributed by atoms with Gasteiger partial charge in [0.25, 0.3) is 0 Å². The van der Waals surface area contributed by atoms with Crippen molar-refractivity contribution in [3.05, 3.63) is 35.9 Å². The van der Waals surface area contributed by atoms with E-state index in [-0.39, 0.29) is 24.7 Å². The number of aliphatic hydroxyl groups is 1. The molecule has 0 saturated carbocycles. The topological polar surface area (TPSA) is 63.6 Å². The number of aliphatic hydroxyl groups excluding tert-OH is 1. The summed E-state index contributed by atoms with van der Waals surface area (Å²) in [7, 11) is -1.33. The van der Waals surface area contributed by atoms with Crippen molar-refractivity contribution in [2.75, 3.05) is 18.1 Å². The first kappa shape index (κ1) is 12.9. The molecule has 1 aromatic rings. The van der Waals surface area contributed by atoms with E-state index in [9.17, 15) is 9.00 Å².